The molecule has 0 unspecified atom stereocenters. The number of carbonyl (C=O) groups is 1. The van der Waals surface area contributed by atoms with E-state index in [-0.39, 0.29) is 17.8 Å². The SMILES string of the molecule is Cc1nc(N2CCC[C@@H]2C(=O)N(C)Cc2nc3c(s2)CCCC3)nc2ccc(F)cc12. The number of benzene rings is 1. The smallest absolute Gasteiger partial charge is 0.245 e. The summed E-state index contributed by atoms with van der Waals surface area (Å²) in [5.41, 5.74) is 2.65. The molecular formula is C23H26FN5OS. The van der Waals surface area contributed by atoms with Crippen LogP contribution in [0, 0.1) is 12.7 Å². The van der Waals surface area contributed by atoms with Crippen LogP contribution in [0.1, 0.15) is 47.0 Å². The Balaban J connectivity index is 1.36. The highest BCUT2D eigenvalue weighted by Gasteiger charge is 2.35. The fourth-order valence-electron chi connectivity index (χ4n) is 4.64. The number of rotatable bonds is 4. The molecule has 1 amide bonds. The summed E-state index contributed by atoms with van der Waals surface area (Å²) < 4.78 is 13.6. The number of halogens is 1. The Morgan fingerprint density at radius 3 is 2.90 bits per heavy atom. The van der Waals surface area contributed by atoms with Crippen molar-refractivity contribution in [3.8, 4) is 0 Å². The van der Waals surface area contributed by atoms with Crippen molar-refractivity contribution in [2.24, 2.45) is 0 Å². The van der Waals surface area contributed by atoms with Crippen molar-refractivity contribution in [3.05, 3.63) is 45.3 Å². The van der Waals surface area contributed by atoms with Gasteiger partial charge in [0.2, 0.25) is 11.9 Å². The molecule has 3 aromatic rings. The summed E-state index contributed by atoms with van der Waals surface area (Å²) in [5.74, 6) is 0.323. The monoisotopic (exact) mass is 439 g/mol. The molecule has 1 saturated heterocycles. The molecule has 0 saturated carbocycles. The maximum atomic E-state index is 13.6. The third-order valence-electron chi connectivity index (χ3n) is 6.27. The summed E-state index contributed by atoms with van der Waals surface area (Å²) in [7, 11) is 1.86. The predicted octanol–water partition coefficient (Wildman–Crippen LogP) is 4.04. The molecule has 6 nitrogen and oxygen atoms in total. The zero-order valence-corrected chi connectivity index (χ0v) is 18.7. The normalized spacial score (nSPS) is 18.4. The van der Waals surface area contributed by atoms with Crippen LogP contribution in [-0.4, -0.2) is 45.4 Å². The van der Waals surface area contributed by atoms with Gasteiger partial charge in [-0.05, 0) is 63.6 Å². The number of hydrogen-bond acceptors (Lipinski definition) is 6. The Morgan fingerprint density at radius 1 is 1.23 bits per heavy atom. The van der Waals surface area contributed by atoms with Gasteiger partial charge in [0.05, 0.1) is 23.4 Å². The minimum atomic E-state index is -0.299. The van der Waals surface area contributed by atoms with Crippen LogP contribution in [0.15, 0.2) is 18.2 Å². The van der Waals surface area contributed by atoms with Gasteiger partial charge in [-0.15, -0.1) is 11.3 Å². The Kier molecular flexibility index (Phi) is 5.33. The van der Waals surface area contributed by atoms with Gasteiger partial charge in [0.25, 0.3) is 0 Å². The van der Waals surface area contributed by atoms with Crippen LogP contribution < -0.4 is 4.90 Å². The molecular weight excluding hydrogens is 413 g/mol. The Hall–Kier alpha value is -2.61. The number of fused-ring (bicyclic) bond motifs is 2. The minimum absolute atomic E-state index is 0.0751. The van der Waals surface area contributed by atoms with Crippen molar-refractivity contribution < 1.29 is 9.18 Å². The van der Waals surface area contributed by atoms with Crippen LogP contribution in [0.25, 0.3) is 10.9 Å². The van der Waals surface area contributed by atoms with Gasteiger partial charge < -0.3 is 9.80 Å². The number of carbonyl (C=O) groups excluding carboxylic acids is 1. The van der Waals surface area contributed by atoms with E-state index in [0.717, 1.165) is 42.9 Å². The van der Waals surface area contributed by atoms with E-state index in [1.165, 1.54) is 35.5 Å². The average Bonchev–Trinajstić information content (AvgIpc) is 3.40. The molecule has 2 aromatic heterocycles. The number of hydrogen-bond donors (Lipinski definition) is 0. The second-order valence-corrected chi connectivity index (χ2v) is 9.67. The third-order valence-corrected chi connectivity index (χ3v) is 7.41. The van der Waals surface area contributed by atoms with E-state index < -0.39 is 0 Å². The van der Waals surface area contributed by atoms with Crippen LogP contribution in [-0.2, 0) is 24.2 Å². The molecule has 1 aromatic carbocycles. The summed E-state index contributed by atoms with van der Waals surface area (Å²) in [4.78, 5) is 32.5. The summed E-state index contributed by atoms with van der Waals surface area (Å²) >= 11 is 1.75. The summed E-state index contributed by atoms with van der Waals surface area (Å²) in [6.07, 6.45) is 6.31. The molecule has 0 N–H and O–H groups in total. The number of likely N-dealkylation sites (N-methyl/N-ethyl adjacent to an activating group) is 1. The number of amides is 1. The molecule has 1 aliphatic carbocycles. The third kappa shape index (κ3) is 3.89. The minimum Gasteiger partial charge on any atom is -0.337 e. The Morgan fingerprint density at radius 2 is 2.06 bits per heavy atom. The van der Waals surface area contributed by atoms with Gasteiger partial charge in [0, 0.05) is 23.9 Å². The van der Waals surface area contributed by atoms with E-state index in [2.05, 4.69) is 9.97 Å². The molecule has 1 fully saturated rings. The van der Waals surface area contributed by atoms with Crippen molar-refractivity contribution >= 4 is 34.1 Å². The highest BCUT2D eigenvalue weighted by Crippen LogP contribution is 2.29. The predicted molar refractivity (Wildman–Crippen MR) is 120 cm³/mol. The standard InChI is InChI=1S/C23H26FN5OS/c1-14-16-12-15(24)9-10-17(16)27-23(25-14)29-11-5-7-19(29)22(30)28(2)13-21-26-18-6-3-4-8-20(18)31-21/h9-10,12,19H,3-8,11,13H2,1-2H3/t19-/m1/s1. The van der Waals surface area contributed by atoms with Crippen LogP contribution in [0.5, 0.6) is 0 Å². The maximum Gasteiger partial charge on any atom is 0.245 e. The number of thiazole rings is 1. The number of aromatic nitrogens is 3. The van der Waals surface area contributed by atoms with Gasteiger partial charge in [-0.2, -0.15) is 0 Å². The zero-order chi connectivity index (χ0) is 21.5. The lowest BCUT2D eigenvalue weighted by Crippen LogP contribution is -2.44. The van der Waals surface area contributed by atoms with Gasteiger partial charge in [-0.1, -0.05) is 0 Å². The summed E-state index contributed by atoms with van der Waals surface area (Å²) in [6.45, 7) is 3.13. The van der Waals surface area contributed by atoms with E-state index in [1.54, 1.807) is 22.3 Å². The van der Waals surface area contributed by atoms with E-state index >= 15 is 0 Å². The molecule has 0 radical (unpaired) electrons. The molecule has 162 valence electrons. The quantitative estimate of drug-likeness (QED) is 0.614. The molecule has 5 rings (SSSR count). The van der Waals surface area contributed by atoms with Crippen LogP contribution >= 0.6 is 11.3 Å². The van der Waals surface area contributed by atoms with Crippen molar-refractivity contribution in [2.45, 2.75) is 58.0 Å². The van der Waals surface area contributed by atoms with Crippen LogP contribution in [0.2, 0.25) is 0 Å². The van der Waals surface area contributed by atoms with Crippen molar-refractivity contribution in [1.29, 1.82) is 0 Å². The Labute approximate surface area is 185 Å². The van der Waals surface area contributed by atoms with E-state index in [4.69, 9.17) is 4.98 Å². The fraction of sp³-hybridized carbons (Fsp3) is 0.478. The van der Waals surface area contributed by atoms with Crippen molar-refractivity contribution in [2.75, 3.05) is 18.5 Å². The van der Waals surface area contributed by atoms with Crippen molar-refractivity contribution in [1.82, 2.24) is 19.9 Å². The molecule has 31 heavy (non-hydrogen) atoms. The zero-order valence-electron chi connectivity index (χ0n) is 17.9. The molecule has 0 spiro atoms. The number of nitrogens with zero attached hydrogens (tertiary/aromatic N) is 5. The highest BCUT2D eigenvalue weighted by molar-refractivity contribution is 7.11. The summed E-state index contributed by atoms with van der Waals surface area (Å²) in [6, 6.07) is 4.26. The first-order valence-corrected chi connectivity index (χ1v) is 11.7. The maximum absolute atomic E-state index is 13.6. The number of anilines is 1. The van der Waals surface area contributed by atoms with E-state index in [0.29, 0.717) is 23.4 Å². The molecule has 2 aliphatic rings. The van der Waals surface area contributed by atoms with E-state index in [1.807, 2.05) is 18.9 Å². The van der Waals surface area contributed by atoms with Crippen LogP contribution in [0.4, 0.5) is 10.3 Å². The largest absolute Gasteiger partial charge is 0.337 e. The first-order chi connectivity index (χ1) is 15.0. The van der Waals surface area contributed by atoms with Gasteiger partial charge in [0.1, 0.15) is 16.9 Å². The van der Waals surface area contributed by atoms with Gasteiger partial charge in [0.15, 0.2) is 0 Å². The molecule has 1 atom stereocenters. The first kappa shape index (κ1) is 20.3. The van der Waals surface area contributed by atoms with Crippen LogP contribution in [0.3, 0.4) is 0 Å². The lowest BCUT2D eigenvalue weighted by molar-refractivity contribution is -0.131. The lowest BCUT2D eigenvalue weighted by atomic mass is 10.0. The second-order valence-electron chi connectivity index (χ2n) is 8.50. The average molecular weight is 440 g/mol. The van der Waals surface area contributed by atoms with Gasteiger partial charge in [-0.3, -0.25) is 4.79 Å². The first-order valence-electron chi connectivity index (χ1n) is 10.9. The molecule has 0 bridgehead atoms. The second kappa shape index (κ2) is 8.15. The summed E-state index contributed by atoms with van der Waals surface area (Å²) in [5, 5.41) is 1.72. The van der Waals surface area contributed by atoms with E-state index in [9.17, 15) is 9.18 Å². The fourth-order valence-corrected chi connectivity index (χ4v) is 5.85. The van der Waals surface area contributed by atoms with Gasteiger partial charge in [-0.25, -0.2) is 19.3 Å². The molecule has 1 aliphatic heterocycles. The van der Waals surface area contributed by atoms with Gasteiger partial charge >= 0.3 is 0 Å². The Bertz CT molecular complexity index is 1120. The topological polar surface area (TPSA) is 62.2 Å². The molecule has 8 heteroatoms. The highest BCUT2D eigenvalue weighted by atomic mass is 32.1. The van der Waals surface area contributed by atoms with Crippen molar-refractivity contribution in [3.63, 3.8) is 0 Å². The number of aryl methyl sites for hydroxylation is 3. The lowest BCUT2D eigenvalue weighted by Gasteiger charge is -2.28. The molecule has 3 heterocycles.